The Hall–Kier alpha value is -1.30. The molecule has 0 saturated carbocycles. The fourth-order valence-corrected chi connectivity index (χ4v) is 1.82. The highest BCUT2D eigenvalue weighted by Gasteiger charge is 2.30. The molecule has 1 N–H and O–H groups in total. The molecule has 0 unspecified atom stereocenters. The largest absolute Gasteiger partial charge is 0.405 e. The highest BCUT2D eigenvalue weighted by molar-refractivity contribution is 5.41. The molecule has 1 rings (SSSR count). The average molecular weight is 289 g/mol. The topological polar surface area (TPSA) is 28.2 Å². The zero-order valence-electron chi connectivity index (χ0n) is 12.2. The van der Waals surface area contributed by atoms with Gasteiger partial charge in [0.2, 0.25) is 0 Å². The van der Waals surface area contributed by atoms with Gasteiger partial charge in [-0.05, 0) is 37.1 Å². The monoisotopic (exact) mass is 289 g/mol. The van der Waals surface area contributed by atoms with Crippen LogP contribution >= 0.6 is 0 Å². The molecule has 114 valence electrons. The van der Waals surface area contributed by atoms with Gasteiger partial charge in [-0.15, -0.1) is 0 Å². The lowest BCUT2D eigenvalue weighted by Crippen LogP contribution is -2.34. The molecule has 0 atom stereocenters. The third-order valence-corrected chi connectivity index (χ3v) is 2.77. The summed E-state index contributed by atoms with van der Waals surface area (Å²) in [6, 6.07) is 3.53. The summed E-state index contributed by atoms with van der Waals surface area (Å²) in [5.41, 5.74) is 0.941. The Morgan fingerprint density at radius 1 is 1.35 bits per heavy atom. The number of rotatable bonds is 7. The van der Waals surface area contributed by atoms with Crippen molar-refractivity contribution >= 4 is 5.82 Å². The predicted octanol–water partition coefficient (Wildman–Crippen LogP) is 3.22. The number of alkyl halides is 3. The molecule has 20 heavy (non-hydrogen) atoms. The maximum absolute atomic E-state index is 12.5. The van der Waals surface area contributed by atoms with E-state index in [2.05, 4.69) is 24.1 Å². The van der Waals surface area contributed by atoms with Crippen molar-refractivity contribution in [2.75, 3.05) is 24.5 Å². The second kappa shape index (κ2) is 7.47. The summed E-state index contributed by atoms with van der Waals surface area (Å²) in [5.74, 6) is 0.905. The molecule has 3 nitrogen and oxygen atoms in total. The summed E-state index contributed by atoms with van der Waals surface area (Å²) in [6.45, 7) is 6.71. The van der Waals surface area contributed by atoms with Crippen molar-refractivity contribution in [1.82, 2.24) is 10.3 Å². The summed E-state index contributed by atoms with van der Waals surface area (Å²) in [6.07, 6.45) is -2.66. The summed E-state index contributed by atoms with van der Waals surface area (Å²) >= 11 is 0. The van der Waals surface area contributed by atoms with Crippen LogP contribution in [0.5, 0.6) is 0 Å². The SMILES string of the molecule is CCN(CC(F)(F)F)c1cc(CNCC(C)C)ccn1. The number of anilines is 1. The minimum absolute atomic E-state index is 0.273. The first kappa shape index (κ1) is 16.8. The number of nitrogens with one attached hydrogen (secondary N) is 1. The van der Waals surface area contributed by atoms with Crippen molar-refractivity contribution in [2.45, 2.75) is 33.5 Å². The van der Waals surface area contributed by atoms with E-state index >= 15 is 0 Å². The fraction of sp³-hybridized carbons (Fsp3) is 0.643. The van der Waals surface area contributed by atoms with Crippen LogP contribution in [0.2, 0.25) is 0 Å². The van der Waals surface area contributed by atoms with Crippen LogP contribution in [0.1, 0.15) is 26.3 Å². The van der Waals surface area contributed by atoms with Crippen LogP contribution in [0.25, 0.3) is 0 Å². The average Bonchev–Trinajstić information content (AvgIpc) is 2.35. The van der Waals surface area contributed by atoms with E-state index < -0.39 is 12.7 Å². The summed E-state index contributed by atoms with van der Waals surface area (Å²) in [7, 11) is 0. The molecule has 0 spiro atoms. The summed E-state index contributed by atoms with van der Waals surface area (Å²) in [4.78, 5) is 5.26. The van der Waals surface area contributed by atoms with Crippen LogP contribution in [0.3, 0.4) is 0 Å². The molecule has 0 aliphatic heterocycles. The van der Waals surface area contributed by atoms with Crippen LogP contribution in [0, 0.1) is 5.92 Å². The van der Waals surface area contributed by atoms with E-state index in [-0.39, 0.29) is 6.54 Å². The van der Waals surface area contributed by atoms with Gasteiger partial charge < -0.3 is 10.2 Å². The molecule has 6 heteroatoms. The number of aromatic nitrogens is 1. The van der Waals surface area contributed by atoms with Gasteiger partial charge in [0.1, 0.15) is 12.4 Å². The van der Waals surface area contributed by atoms with Crippen molar-refractivity contribution in [3.05, 3.63) is 23.9 Å². The second-order valence-corrected chi connectivity index (χ2v) is 5.18. The Balaban J connectivity index is 2.70. The quantitative estimate of drug-likeness (QED) is 0.835. The number of pyridine rings is 1. The minimum Gasteiger partial charge on any atom is -0.348 e. The van der Waals surface area contributed by atoms with E-state index in [9.17, 15) is 13.2 Å². The van der Waals surface area contributed by atoms with E-state index in [1.54, 1.807) is 19.2 Å². The number of nitrogens with zero attached hydrogens (tertiary/aromatic N) is 2. The van der Waals surface area contributed by atoms with E-state index in [0.29, 0.717) is 18.3 Å². The van der Waals surface area contributed by atoms with E-state index in [0.717, 1.165) is 12.1 Å². The molecule has 1 aromatic rings. The van der Waals surface area contributed by atoms with Crippen LogP contribution in [-0.4, -0.2) is 30.8 Å². The van der Waals surface area contributed by atoms with Gasteiger partial charge in [0.15, 0.2) is 0 Å². The lowest BCUT2D eigenvalue weighted by molar-refractivity contribution is -0.119. The van der Waals surface area contributed by atoms with Gasteiger partial charge >= 0.3 is 6.18 Å². The second-order valence-electron chi connectivity index (χ2n) is 5.18. The van der Waals surface area contributed by atoms with Crippen molar-refractivity contribution in [2.24, 2.45) is 5.92 Å². The van der Waals surface area contributed by atoms with Crippen LogP contribution in [0.15, 0.2) is 18.3 Å². The number of halogens is 3. The molecule has 1 heterocycles. The van der Waals surface area contributed by atoms with Gasteiger partial charge in [-0.25, -0.2) is 4.98 Å². The standard InChI is InChI=1S/C14H22F3N3/c1-4-20(10-14(15,16)17)13-7-12(5-6-19-13)9-18-8-11(2)3/h5-7,11,18H,4,8-10H2,1-3H3. The van der Waals surface area contributed by atoms with E-state index in [4.69, 9.17) is 0 Å². The molecule has 0 aromatic carbocycles. The summed E-state index contributed by atoms with van der Waals surface area (Å²) < 4.78 is 37.5. The third-order valence-electron chi connectivity index (χ3n) is 2.77. The first-order valence-electron chi connectivity index (χ1n) is 6.79. The van der Waals surface area contributed by atoms with Gasteiger partial charge in [0.05, 0.1) is 0 Å². The zero-order chi connectivity index (χ0) is 15.2. The van der Waals surface area contributed by atoms with Crippen LogP contribution < -0.4 is 10.2 Å². The van der Waals surface area contributed by atoms with Gasteiger partial charge in [-0.3, -0.25) is 0 Å². The van der Waals surface area contributed by atoms with Crippen LogP contribution in [0.4, 0.5) is 19.0 Å². The highest BCUT2D eigenvalue weighted by Crippen LogP contribution is 2.21. The zero-order valence-corrected chi connectivity index (χ0v) is 12.2. The number of hydrogen-bond donors (Lipinski definition) is 1. The van der Waals surface area contributed by atoms with Crippen molar-refractivity contribution in [3.63, 3.8) is 0 Å². The van der Waals surface area contributed by atoms with Gasteiger partial charge in [0, 0.05) is 19.3 Å². The lowest BCUT2D eigenvalue weighted by atomic mass is 10.2. The Bertz CT molecular complexity index is 405. The Morgan fingerprint density at radius 2 is 2.05 bits per heavy atom. The van der Waals surface area contributed by atoms with E-state index in [1.165, 1.54) is 4.90 Å². The van der Waals surface area contributed by atoms with Gasteiger partial charge in [-0.1, -0.05) is 13.8 Å². The van der Waals surface area contributed by atoms with Crippen molar-refractivity contribution < 1.29 is 13.2 Å². The van der Waals surface area contributed by atoms with Crippen molar-refractivity contribution in [3.8, 4) is 0 Å². The molecule has 0 saturated heterocycles. The Morgan fingerprint density at radius 3 is 2.60 bits per heavy atom. The molecule has 0 radical (unpaired) electrons. The third kappa shape index (κ3) is 6.23. The minimum atomic E-state index is -4.22. The maximum atomic E-state index is 12.5. The molecule has 1 aromatic heterocycles. The van der Waals surface area contributed by atoms with E-state index in [1.807, 2.05) is 6.07 Å². The molecule has 0 amide bonds. The highest BCUT2D eigenvalue weighted by atomic mass is 19.4. The predicted molar refractivity (Wildman–Crippen MR) is 74.7 cm³/mol. The molecule has 0 aliphatic rings. The Labute approximate surface area is 118 Å². The molecule has 0 bridgehead atoms. The molecular formula is C14H22F3N3. The fourth-order valence-electron chi connectivity index (χ4n) is 1.82. The maximum Gasteiger partial charge on any atom is 0.405 e. The number of hydrogen-bond acceptors (Lipinski definition) is 3. The Kier molecular flexibility index (Phi) is 6.26. The first-order chi connectivity index (χ1) is 9.31. The normalized spacial score (nSPS) is 11.9. The van der Waals surface area contributed by atoms with Gasteiger partial charge in [-0.2, -0.15) is 13.2 Å². The molecule has 0 fully saturated rings. The first-order valence-corrected chi connectivity index (χ1v) is 6.79. The van der Waals surface area contributed by atoms with Gasteiger partial charge in [0.25, 0.3) is 0 Å². The molecule has 0 aliphatic carbocycles. The van der Waals surface area contributed by atoms with Crippen molar-refractivity contribution in [1.29, 1.82) is 0 Å². The summed E-state index contributed by atoms with van der Waals surface area (Å²) in [5, 5.41) is 3.27. The lowest BCUT2D eigenvalue weighted by Gasteiger charge is -2.23. The molecular weight excluding hydrogens is 267 g/mol. The smallest absolute Gasteiger partial charge is 0.348 e. The van der Waals surface area contributed by atoms with Crippen LogP contribution in [-0.2, 0) is 6.54 Å².